The number of phenolic OH excluding ortho intramolecular Hbond substituents is 1. The average Bonchev–Trinajstić information content (AvgIpc) is 2.69. The second kappa shape index (κ2) is 9.82. The number of rotatable bonds is 9. The van der Waals surface area contributed by atoms with E-state index in [1.54, 1.807) is 12.1 Å². The van der Waals surface area contributed by atoms with Gasteiger partial charge in [-0.3, -0.25) is 0 Å². The average molecular weight is 445 g/mol. The van der Waals surface area contributed by atoms with Gasteiger partial charge in [0.2, 0.25) is 0 Å². The number of benzene rings is 2. The van der Waals surface area contributed by atoms with Crippen LogP contribution in [0.1, 0.15) is 59.6 Å². The van der Waals surface area contributed by atoms with Crippen LogP contribution >= 0.6 is 0 Å². The molecule has 0 saturated heterocycles. The Balaban J connectivity index is 2.07. The predicted molar refractivity (Wildman–Crippen MR) is 125 cm³/mol. The Hall–Kier alpha value is -2.73. The first kappa shape index (κ1) is 25.5. The number of carboxylic acid groups (broad SMARTS) is 1. The van der Waals surface area contributed by atoms with E-state index in [1.807, 2.05) is 71.9 Å². The van der Waals surface area contributed by atoms with Crippen LogP contribution < -0.4 is 9.47 Å². The smallest absolute Gasteiger partial charge is 0.339 e. The van der Waals surface area contributed by atoms with Gasteiger partial charge < -0.3 is 24.4 Å². The largest absolute Gasteiger partial charge is 0.507 e. The predicted octanol–water partition coefficient (Wildman–Crippen LogP) is 5.30. The minimum absolute atomic E-state index is 0.0670. The summed E-state index contributed by atoms with van der Waals surface area (Å²) in [5.74, 6) is 0.361. The number of hydrogen-bond acceptors (Lipinski definition) is 5. The molecule has 0 aliphatic heterocycles. The highest BCUT2D eigenvalue weighted by molar-refractivity contribution is 5.77. The van der Waals surface area contributed by atoms with Gasteiger partial charge >= 0.3 is 5.97 Å². The molecule has 0 aliphatic rings. The van der Waals surface area contributed by atoms with Crippen LogP contribution in [0.5, 0.6) is 17.2 Å². The molecule has 0 spiro atoms. The number of carbonyl (C=O) groups is 1. The van der Waals surface area contributed by atoms with Gasteiger partial charge in [-0.05, 0) is 42.0 Å². The normalized spacial score (nSPS) is 14.0. The molecule has 0 aliphatic carbocycles. The summed E-state index contributed by atoms with van der Waals surface area (Å²) in [5, 5.41) is 20.5. The lowest BCUT2D eigenvalue weighted by Gasteiger charge is -2.28. The van der Waals surface area contributed by atoms with Gasteiger partial charge in [0, 0.05) is 11.1 Å². The van der Waals surface area contributed by atoms with Gasteiger partial charge in [-0.15, -0.1) is 0 Å². The second-order valence-electron chi connectivity index (χ2n) is 10.2. The molecule has 0 amide bonds. The molecule has 0 bridgehead atoms. The number of carboxylic acids is 1. The van der Waals surface area contributed by atoms with E-state index in [1.165, 1.54) is 6.92 Å². The molecule has 0 aromatic heterocycles. The summed E-state index contributed by atoms with van der Waals surface area (Å²) < 4.78 is 17.1. The van der Waals surface area contributed by atoms with E-state index in [2.05, 4.69) is 0 Å². The Morgan fingerprint density at radius 2 is 1.34 bits per heavy atom. The zero-order chi connectivity index (χ0) is 24.2. The van der Waals surface area contributed by atoms with E-state index in [-0.39, 0.29) is 36.4 Å². The Labute approximate surface area is 191 Å². The maximum atomic E-state index is 11.8. The maximum absolute atomic E-state index is 11.8. The highest BCUT2D eigenvalue weighted by Gasteiger charge is 2.35. The number of hydrogen-bond donors (Lipinski definition) is 2. The standard InChI is InChI=1S/C26H36O6/c1-24(2,3)20-15-19(16-21(22(20)27)25(4,5)6)30-13-14-32-26(7,23(28)29)17-31-18-11-9-8-10-12-18/h8-12,15-16,27H,13-14,17H2,1-7H3,(H,28,29). The van der Waals surface area contributed by atoms with Gasteiger partial charge in [-0.1, -0.05) is 59.7 Å². The van der Waals surface area contributed by atoms with Crippen molar-refractivity contribution in [1.82, 2.24) is 0 Å². The Kier molecular flexibility index (Phi) is 7.83. The SMILES string of the molecule is CC(COc1ccccc1)(OCCOc1cc(C(C)(C)C)c(O)c(C(C)(C)C)c1)C(=O)O. The van der Waals surface area contributed by atoms with Gasteiger partial charge in [0.15, 0.2) is 5.60 Å². The fourth-order valence-corrected chi connectivity index (χ4v) is 3.16. The summed E-state index contributed by atoms with van der Waals surface area (Å²) >= 11 is 0. The maximum Gasteiger partial charge on any atom is 0.339 e. The molecular weight excluding hydrogens is 408 g/mol. The third-order valence-electron chi connectivity index (χ3n) is 5.18. The number of phenols is 1. The Morgan fingerprint density at radius 1 is 0.812 bits per heavy atom. The molecule has 1 unspecified atom stereocenters. The molecule has 6 heteroatoms. The summed E-state index contributed by atoms with van der Waals surface area (Å²) in [5.41, 5.74) is -0.450. The minimum atomic E-state index is -1.51. The number of para-hydroxylation sites is 1. The highest BCUT2D eigenvalue weighted by Crippen LogP contribution is 2.41. The van der Waals surface area contributed by atoms with Gasteiger partial charge in [0.25, 0.3) is 0 Å². The zero-order valence-corrected chi connectivity index (χ0v) is 20.2. The summed E-state index contributed by atoms with van der Waals surface area (Å²) in [6, 6.07) is 12.7. The fraction of sp³-hybridized carbons (Fsp3) is 0.500. The van der Waals surface area contributed by atoms with E-state index in [4.69, 9.17) is 14.2 Å². The molecule has 0 radical (unpaired) electrons. The molecule has 6 nitrogen and oxygen atoms in total. The molecule has 0 saturated carbocycles. The minimum Gasteiger partial charge on any atom is -0.507 e. The van der Waals surface area contributed by atoms with Gasteiger partial charge in [-0.25, -0.2) is 4.79 Å². The van der Waals surface area contributed by atoms with E-state index in [0.717, 1.165) is 11.1 Å². The van der Waals surface area contributed by atoms with Gasteiger partial charge in [0.1, 0.15) is 30.5 Å². The molecule has 0 heterocycles. The van der Waals surface area contributed by atoms with Crippen molar-refractivity contribution in [3.8, 4) is 17.2 Å². The molecule has 1 atom stereocenters. The van der Waals surface area contributed by atoms with Crippen molar-refractivity contribution in [2.24, 2.45) is 0 Å². The van der Waals surface area contributed by atoms with E-state index >= 15 is 0 Å². The van der Waals surface area contributed by atoms with Crippen LogP contribution in [0.25, 0.3) is 0 Å². The second-order valence-corrected chi connectivity index (χ2v) is 10.2. The van der Waals surface area contributed by atoms with Crippen LogP contribution in [-0.4, -0.2) is 41.6 Å². The number of aliphatic carboxylic acids is 1. The van der Waals surface area contributed by atoms with Crippen molar-refractivity contribution < 1.29 is 29.2 Å². The lowest BCUT2D eigenvalue weighted by molar-refractivity contribution is -0.168. The summed E-state index contributed by atoms with van der Waals surface area (Å²) in [6.07, 6.45) is 0. The van der Waals surface area contributed by atoms with E-state index in [0.29, 0.717) is 11.5 Å². The molecule has 0 fully saturated rings. The highest BCUT2D eigenvalue weighted by atomic mass is 16.6. The molecule has 32 heavy (non-hydrogen) atoms. The summed E-state index contributed by atoms with van der Waals surface area (Å²) in [7, 11) is 0. The van der Waals surface area contributed by atoms with Crippen LogP contribution in [0, 0.1) is 0 Å². The van der Waals surface area contributed by atoms with Gasteiger partial charge in [0.05, 0.1) is 6.61 Å². The van der Waals surface area contributed by atoms with Crippen molar-refractivity contribution in [2.75, 3.05) is 19.8 Å². The zero-order valence-electron chi connectivity index (χ0n) is 20.2. The van der Waals surface area contributed by atoms with Crippen molar-refractivity contribution in [2.45, 2.75) is 64.9 Å². The topological polar surface area (TPSA) is 85.2 Å². The lowest BCUT2D eigenvalue weighted by atomic mass is 9.79. The van der Waals surface area contributed by atoms with Gasteiger partial charge in [-0.2, -0.15) is 0 Å². The van der Waals surface area contributed by atoms with E-state index in [9.17, 15) is 15.0 Å². The molecule has 2 aromatic carbocycles. The van der Waals surface area contributed by atoms with Crippen molar-refractivity contribution in [1.29, 1.82) is 0 Å². The molecule has 2 rings (SSSR count). The first-order chi connectivity index (χ1) is 14.7. The van der Waals surface area contributed by atoms with Crippen LogP contribution in [0.15, 0.2) is 42.5 Å². The van der Waals surface area contributed by atoms with Crippen molar-refractivity contribution in [3.63, 3.8) is 0 Å². The monoisotopic (exact) mass is 444 g/mol. The van der Waals surface area contributed by atoms with Crippen LogP contribution in [0.3, 0.4) is 0 Å². The number of aromatic hydroxyl groups is 1. The summed E-state index contributed by atoms with van der Waals surface area (Å²) in [4.78, 5) is 11.8. The van der Waals surface area contributed by atoms with Crippen LogP contribution in [0.2, 0.25) is 0 Å². The molecular formula is C26H36O6. The van der Waals surface area contributed by atoms with Crippen molar-refractivity contribution >= 4 is 5.97 Å². The van der Waals surface area contributed by atoms with Crippen LogP contribution in [0.4, 0.5) is 0 Å². The van der Waals surface area contributed by atoms with E-state index < -0.39 is 11.6 Å². The first-order valence-electron chi connectivity index (χ1n) is 10.8. The van der Waals surface area contributed by atoms with Crippen molar-refractivity contribution in [3.05, 3.63) is 53.6 Å². The Morgan fingerprint density at radius 3 is 1.81 bits per heavy atom. The van der Waals surface area contributed by atoms with Crippen LogP contribution in [-0.2, 0) is 20.4 Å². The molecule has 2 N–H and O–H groups in total. The quantitative estimate of drug-likeness (QED) is 0.510. The third-order valence-corrected chi connectivity index (χ3v) is 5.18. The molecule has 176 valence electrons. The molecule has 2 aromatic rings. The first-order valence-corrected chi connectivity index (χ1v) is 10.8. The fourth-order valence-electron chi connectivity index (χ4n) is 3.16. The number of ether oxygens (including phenoxy) is 3. The lowest BCUT2D eigenvalue weighted by Crippen LogP contribution is -2.45. The third kappa shape index (κ3) is 6.63. The summed E-state index contributed by atoms with van der Waals surface area (Å²) in [6.45, 7) is 13.8. The Bertz CT molecular complexity index is 873.